The van der Waals surface area contributed by atoms with Crippen molar-refractivity contribution in [3.05, 3.63) is 0 Å². The zero-order valence-corrected chi connectivity index (χ0v) is 19.6. The number of aliphatic carboxylic acids is 2. The minimum atomic E-state index is -1.76. The van der Waals surface area contributed by atoms with E-state index in [0.717, 1.165) is 0 Å². The van der Waals surface area contributed by atoms with Crippen molar-refractivity contribution in [1.29, 1.82) is 0 Å². The van der Waals surface area contributed by atoms with Gasteiger partial charge in [-0.2, -0.15) is 11.8 Å². The average Bonchev–Trinajstić information content (AvgIpc) is 2.73. The highest BCUT2D eigenvalue weighted by Gasteiger charge is 2.33. The molecular formula is C19H35N5O8S. The van der Waals surface area contributed by atoms with E-state index in [1.165, 1.54) is 18.7 Å². The zero-order valence-electron chi connectivity index (χ0n) is 18.8. The van der Waals surface area contributed by atoms with Gasteiger partial charge in [-0.25, -0.2) is 4.79 Å². The first-order valence-corrected chi connectivity index (χ1v) is 11.8. The van der Waals surface area contributed by atoms with Gasteiger partial charge in [-0.05, 0) is 51.2 Å². The quantitative estimate of drug-likeness (QED) is 0.0993. The fourth-order valence-electron chi connectivity index (χ4n) is 2.71. The van der Waals surface area contributed by atoms with Crippen LogP contribution in [0.2, 0.25) is 0 Å². The summed E-state index contributed by atoms with van der Waals surface area (Å²) >= 11 is 1.51. The summed E-state index contributed by atoms with van der Waals surface area (Å²) in [6, 6.07) is -5.27. The molecule has 3 amide bonds. The van der Waals surface area contributed by atoms with Crippen LogP contribution < -0.4 is 27.4 Å². The molecule has 5 atom stereocenters. The fourth-order valence-corrected chi connectivity index (χ4v) is 3.20. The summed E-state index contributed by atoms with van der Waals surface area (Å²) in [5, 5.41) is 34.7. The lowest BCUT2D eigenvalue weighted by atomic mass is 10.1. The van der Waals surface area contributed by atoms with Gasteiger partial charge < -0.3 is 42.7 Å². The van der Waals surface area contributed by atoms with Crippen LogP contribution in [0.1, 0.15) is 39.0 Å². The van der Waals surface area contributed by atoms with Crippen molar-refractivity contribution in [2.45, 2.75) is 69.3 Å². The summed E-state index contributed by atoms with van der Waals surface area (Å²) in [7, 11) is 0. The number of hydrogen-bond acceptors (Lipinski definition) is 9. The van der Waals surface area contributed by atoms with E-state index in [2.05, 4.69) is 10.6 Å². The first-order chi connectivity index (χ1) is 15.4. The Kier molecular flexibility index (Phi) is 15.0. The number of carbonyl (C=O) groups is 5. The van der Waals surface area contributed by atoms with Crippen LogP contribution in [0.4, 0.5) is 0 Å². The molecule has 0 aliphatic carbocycles. The molecule has 0 fully saturated rings. The van der Waals surface area contributed by atoms with E-state index in [0.29, 0.717) is 31.6 Å². The summed E-state index contributed by atoms with van der Waals surface area (Å²) in [6.07, 6.45) is 1.16. The minimum absolute atomic E-state index is 0.189. The third-order valence-electron chi connectivity index (χ3n) is 4.61. The minimum Gasteiger partial charge on any atom is -0.481 e. The third-order valence-corrected chi connectivity index (χ3v) is 5.25. The Morgan fingerprint density at radius 3 is 2.00 bits per heavy atom. The Labute approximate surface area is 196 Å². The Hall–Kier alpha value is -2.42. The van der Waals surface area contributed by atoms with Crippen molar-refractivity contribution in [1.82, 2.24) is 16.0 Å². The molecule has 0 heterocycles. The van der Waals surface area contributed by atoms with Crippen molar-refractivity contribution >= 4 is 41.4 Å². The molecule has 10 N–H and O–H groups in total. The van der Waals surface area contributed by atoms with Crippen molar-refractivity contribution in [3.63, 3.8) is 0 Å². The lowest BCUT2D eigenvalue weighted by Crippen LogP contribution is -2.60. The fraction of sp³-hybridized carbons (Fsp3) is 0.737. The molecule has 0 aliphatic heterocycles. The molecule has 0 radical (unpaired) electrons. The number of hydrogen-bond donors (Lipinski definition) is 8. The molecule has 13 nitrogen and oxygen atoms in total. The van der Waals surface area contributed by atoms with E-state index in [1.807, 2.05) is 11.6 Å². The number of nitrogens with one attached hydrogen (secondary N) is 3. The van der Waals surface area contributed by atoms with Gasteiger partial charge in [-0.15, -0.1) is 0 Å². The summed E-state index contributed by atoms with van der Waals surface area (Å²) < 4.78 is 0. The molecule has 0 saturated carbocycles. The maximum Gasteiger partial charge on any atom is 0.326 e. The van der Waals surface area contributed by atoms with Crippen LogP contribution in [0.15, 0.2) is 0 Å². The molecule has 14 heteroatoms. The van der Waals surface area contributed by atoms with E-state index in [9.17, 15) is 29.1 Å². The second kappa shape index (κ2) is 16.2. The summed E-state index contributed by atoms with van der Waals surface area (Å²) in [5.41, 5.74) is 11.3. The second-order valence-electron chi connectivity index (χ2n) is 7.46. The van der Waals surface area contributed by atoms with Crippen LogP contribution in [-0.2, 0) is 24.0 Å². The maximum absolute atomic E-state index is 12.8. The molecule has 190 valence electrons. The Morgan fingerprint density at radius 2 is 1.52 bits per heavy atom. The van der Waals surface area contributed by atoms with Gasteiger partial charge in [0, 0.05) is 0 Å². The van der Waals surface area contributed by atoms with Gasteiger partial charge in [-0.1, -0.05) is 0 Å². The van der Waals surface area contributed by atoms with Gasteiger partial charge in [0.25, 0.3) is 0 Å². The molecule has 0 aromatic rings. The van der Waals surface area contributed by atoms with Gasteiger partial charge in [0.2, 0.25) is 17.7 Å². The van der Waals surface area contributed by atoms with Crippen molar-refractivity contribution in [3.8, 4) is 0 Å². The Balaban J connectivity index is 5.39. The molecule has 0 aliphatic rings. The zero-order chi connectivity index (χ0) is 25.6. The number of aliphatic hydroxyl groups is 1. The Bertz CT molecular complexity index is 679. The highest BCUT2D eigenvalue weighted by molar-refractivity contribution is 7.98. The van der Waals surface area contributed by atoms with Crippen molar-refractivity contribution in [2.24, 2.45) is 11.5 Å². The van der Waals surface area contributed by atoms with Gasteiger partial charge >= 0.3 is 11.9 Å². The normalized spacial score (nSPS) is 15.4. The number of amides is 3. The number of carboxylic acid groups (broad SMARTS) is 2. The molecule has 0 bridgehead atoms. The smallest absolute Gasteiger partial charge is 0.326 e. The molecular weight excluding hydrogens is 458 g/mol. The average molecular weight is 494 g/mol. The Morgan fingerprint density at radius 1 is 0.909 bits per heavy atom. The molecule has 5 unspecified atom stereocenters. The first-order valence-electron chi connectivity index (χ1n) is 10.4. The van der Waals surface area contributed by atoms with E-state index in [-0.39, 0.29) is 6.42 Å². The number of aliphatic hydroxyl groups excluding tert-OH is 1. The van der Waals surface area contributed by atoms with E-state index < -0.39 is 66.4 Å². The second-order valence-corrected chi connectivity index (χ2v) is 8.44. The van der Waals surface area contributed by atoms with E-state index in [1.54, 1.807) is 0 Å². The van der Waals surface area contributed by atoms with Crippen LogP contribution in [0.3, 0.4) is 0 Å². The summed E-state index contributed by atoms with van der Waals surface area (Å²) in [4.78, 5) is 59.7. The van der Waals surface area contributed by atoms with Crippen LogP contribution >= 0.6 is 11.8 Å². The predicted molar refractivity (Wildman–Crippen MR) is 121 cm³/mol. The molecule has 0 spiro atoms. The number of rotatable bonds is 17. The van der Waals surface area contributed by atoms with Gasteiger partial charge in [-0.3, -0.25) is 19.2 Å². The lowest BCUT2D eigenvalue weighted by Gasteiger charge is -2.26. The molecule has 33 heavy (non-hydrogen) atoms. The number of carboxylic acids is 2. The number of unbranched alkanes of at least 4 members (excludes halogenated alkanes) is 1. The molecule has 0 rings (SSSR count). The lowest BCUT2D eigenvalue weighted by molar-refractivity contribution is -0.148. The maximum atomic E-state index is 12.8. The van der Waals surface area contributed by atoms with Gasteiger partial charge in [0.15, 0.2) is 0 Å². The molecule has 0 aromatic heterocycles. The summed E-state index contributed by atoms with van der Waals surface area (Å²) in [5.74, 6) is -4.83. The first kappa shape index (κ1) is 30.6. The van der Waals surface area contributed by atoms with Crippen LogP contribution in [0.25, 0.3) is 0 Å². The summed E-state index contributed by atoms with van der Waals surface area (Å²) in [6.45, 7) is 1.56. The monoisotopic (exact) mass is 493 g/mol. The highest BCUT2D eigenvalue weighted by Crippen LogP contribution is 2.06. The van der Waals surface area contributed by atoms with Crippen molar-refractivity contribution < 1.29 is 39.3 Å². The number of carbonyl (C=O) groups excluding carboxylic acids is 3. The predicted octanol–water partition coefficient (Wildman–Crippen LogP) is -2.41. The van der Waals surface area contributed by atoms with Crippen molar-refractivity contribution in [2.75, 3.05) is 18.6 Å². The standard InChI is InChI=1S/C19H35N5O8S/c1-10(25)15(18(30)23-13(19(31)32)9-14(26)27)24-17(29)12(5-3-4-7-20)22-16(28)11(21)6-8-33-2/h10-13,15,25H,3-9,20-21H2,1-2H3,(H,22,28)(H,23,30)(H,24,29)(H,26,27)(H,31,32). The van der Waals surface area contributed by atoms with E-state index >= 15 is 0 Å². The SMILES string of the molecule is CSCCC(N)C(=O)NC(CCCCN)C(=O)NC(C(=O)NC(CC(=O)O)C(=O)O)C(C)O. The number of thioether (sulfide) groups is 1. The van der Waals surface area contributed by atoms with Gasteiger partial charge in [0.1, 0.15) is 18.1 Å². The third kappa shape index (κ3) is 12.4. The molecule has 0 saturated heterocycles. The van der Waals surface area contributed by atoms with Crippen LogP contribution in [-0.4, -0.2) is 93.8 Å². The van der Waals surface area contributed by atoms with E-state index in [4.69, 9.17) is 21.7 Å². The van der Waals surface area contributed by atoms with Crippen LogP contribution in [0, 0.1) is 0 Å². The van der Waals surface area contributed by atoms with Gasteiger partial charge in [0.05, 0.1) is 18.6 Å². The largest absolute Gasteiger partial charge is 0.481 e. The topological polar surface area (TPSA) is 234 Å². The highest BCUT2D eigenvalue weighted by atomic mass is 32.2. The number of nitrogens with two attached hydrogens (primary N) is 2. The molecule has 0 aromatic carbocycles. The van der Waals surface area contributed by atoms with Crippen LogP contribution in [0.5, 0.6) is 0 Å².